The number of hydrogen-bond acceptors (Lipinski definition) is 7. The van der Waals surface area contributed by atoms with E-state index in [9.17, 15) is 32.9 Å². The summed E-state index contributed by atoms with van der Waals surface area (Å²) in [5.41, 5.74) is 0. The van der Waals surface area contributed by atoms with Gasteiger partial charge >= 0.3 is 76.5 Å². The number of nitrogens with one attached hydrogen (secondary N) is 2. The van der Waals surface area contributed by atoms with Crippen LogP contribution in [0.2, 0.25) is 0 Å². The fourth-order valence-corrected chi connectivity index (χ4v) is 6.37. The monoisotopic (exact) mass is 696 g/mol. The average molecular weight is 696 g/mol. The van der Waals surface area contributed by atoms with Crippen LogP contribution in [-0.2, 0) is 18.3 Å². The minimum absolute atomic E-state index is 0. The van der Waals surface area contributed by atoms with Crippen molar-refractivity contribution in [2.45, 2.75) is 25.7 Å². The van der Waals surface area contributed by atoms with E-state index in [2.05, 4.69) is 0 Å². The summed E-state index contributed by atoms with van der Waals surface area (Å²) < 4.78 is 43.8. The van der Waals surface area contributed by atoms with Gasteiger partial charge in [-0.2, -0.15) is 0 Å². The smallest absolute Gasteiger partial charge is 0.775 e. The predicted molar refractivity (Wildman–Crippen MR) is 106 cm³/mol. The van der Waals surface area contributed by atoms with Gasteiger partial charge in [-0.1, -0.05) is 0 Å². The Morgan fingerprint density at radius 2 is 0.758 bits per heavy atom. The van der Waals surface area contributed by atoms with Crippen LogP contribution in [-0.4, -0.2) is 84.6 Å². The molecule has 0 aromatic heterocycles. The third kappa shape index (κ3) is 36.6. The Hall–Kier alpha value is 2.41. The van der Waals surface area contributed by atoms with E-state index in [1.165, 1.54) is 0 Å². The molecule has 4 atom stereocenters. The molecule has 4 unspecified atom stereocenters. The van der Waals surface area contributed by atoms with Crippen LogP contribution in [0, 0.1) is 0 Å². The molecule has 15 N–H and O–H groups in total. The quantitative estimate of drug-likeness (QED) is 0.0620. The van der Waals surface area contributed by atoms with Crippen molar-refractivity contribution in [1.82, 2.24) is 0 Å². The van der Waals surface area contributed by atoms with Crippen molar-refractivity contribution >= 4 is 30.4 Å². The maximum absolute atomic E-state index is 11.0. The van der Waals surface area contributed by atoms with Gasteiger partial charge in [0.2, 0.25) is 0 Å². The first kappa shape index (κ1) is 48.5. The van der Waals surface area contributed by atoms with Crippen LogP contribution in [0.3, 0.4) is 0 Å². The van der Waals surface area contributed by atoms with Crippen LogP contribution < -0.4 is 93.4 Å². The Labute approximate surface area is 249 Å². The molecule has 0 amide bonds. The van der Waals surface area contributed by atoms with Gasteiger partial charge in [0.15, 0.2) is 29.1 Å². The topological polar surface area (TPSA) is 373 Å². The number of unbranched alkanes of at least 4 members (excludes halogenated alkanes) is 3. The zero-order chi connectivity index (χ0) is 22.2. The van der Waals surface area contributed by atoms with Crippen molar-refractivity contribution in [3.63, 3.8) is 0 Å². The summed E-state index contributed by atoms with van der Waals surface area (Å²) in [6, 6.07) is 0. The van der Waals surface area contributed by atoms with E-state index in [-0.39, 0.29) is 114 Å². The van der Waals surface area contributed by atoms with Gasteiger partial charge < -0.3 is 84.5 Å². The third-order valence-electron chi connectivity index (χ3n) is 3.51. The molecule has 0 aliphatic rings. The van der Waals surface area contributed by atoms with E-state index in [0.29, 0.717) is 25.7 Å². The molecule has 0 fully saturated rings. The number of rotatable bonds is 15. The molecule has 0 heterocycles. The van der Waals surface area contributed by atoms with Crippen molar-refractivity contribution in [2.24, 2.45) is 0 Å². The molecule has 0 saturated heterocycles. The summed E-state index contributed by atoms with van der Waals surface area (Å²) in [7, 11) is -18.7. The fourth-order valence-electron chi connectivity index (χ4n) is 2.66. The Morgan fingerprint density at radius 3 is 0.970 bits per heavy atom. The van der Waals surface area contributed by atoms with Crippen LogP contribution in [0.4, 0.5) is 0 Å². The van der Waals surface area contributed by atoms with Crippen molar-refractivity contribution in [2.75, 3.05) is 38.2 Å². The molecule has 0 rings (SSSR count). The van der Waals surface area contributed by atoms with Crippen molar-refractivity contribution < 1.29 is 158 Å². The second-order valence-electron chi connectivity index (χ2n) is 6.62. The molecule has 0 aliphatic carbocycles. The van der Waals surface area contributed by atoms with E-state index >= 15 is 0 Å². The van der Waals surface area contributed by atoms with Gasteiger partial charge in [0.25, 0.3) is 0 Å². The third-order valence-corrected chi connectivity index (χ3v) is 6.91. The first-order chi connectivity index (χ1) is 12.4. The molecule has 0 spiro atoms. The molecule has 0 aromatic carbocycles. The molecule has 33 heavy (non-hydrogen) atoms. The first-order valence-electron chi connectivity index (χ1n) is 8.16. The van der Waals surface area contributed by atoms with Crippen molar-refractivity contribution in [1.29, 1.82) is 0 Å². The Balaban J connectivity index is -0.000000364. The summed E-state index contributed by atoms with van der Waals surface area (Å²) >= 11 is 0. The SMILES string of the molecule is O.O.O.O.O=P([O-])(O)C[NH+](CCCCCC[NH+](CP(=O)([O-])O)CP(=O)(O)O)CP(=O)([O-])O.[Cs+]. The molecule has 0 aliphatic heterocycles. The first-order valence-corrected chi connectivity index (χ1v) is 15.3. The zero-order valence-corrected chi connectivity index (χ0v) is 27.8. The van der Waals surface area contributed by atoms with E-state index in [1.54, 1.807) is 0 Å². The van der Waals surface area contributed by atoms with E-state index in [0.717, 1.165) is 0 Å². The van der Waals surface area contributed by atoms with Crippen LogP contribution >= 0.6 is 30.4 Å². The van der Waals surface area contributed by atoms with Gasteiger partial charge in [0.1, 0.15) is 18.9 Å². The molecule has 0 radical (unpaired) electrons. The van der Waals surface area contributed by atoms with E-state index in [1.807, 2.05) is 0 Å². The minimum Gasteiger partial charge on any atom is -0.775 e. The van der Waals surface area contributed by atoms with Crippen molar-refractivity contribution in [3.8, 4) is 0 Å². The maximum Gasteiger partial charge on any atom is 1.00 e. The minimum atomic E-state index is -4.74. The summed E-state index contributed by atoms with van der Waals surface area (Å²) in [5.74, 6) is 0. The normalized spacial score (nSPS) is 18.1. The molecule has 18 nitrogen and oxygen atoms in total. The van der Waals surface area contributed by atoms with Gasteiger partial charge in [0.05, 0.1) is 13.1 Å². The molecular formula is C10H35CsN2O16P4. The molecule has 23 heteroatoms. The fraction of sp³-hybridized carbons (Fsp3) is 1.00. The van der Waals surface area contributed by atoms with E-state index in [4.69, 9.17) is 24.5 Å². The van der Waals surface area contributed by atoms with E-state index < -0.39 is 55.5 Å². The number of quaternary nitrogens is 2. The molecule has 0 aromatic rings. The molecular weight excluding hydrogens is 661 g/mol. The molecule has 0 saturated carbocycles. The van der Waals surface area contributed by atoms with Crippen molar-refractivity contribution in [3.05, 3.63) is 0 Å². The van der Waals surface area contributed by atoms with Gasteiger partial charge in [-0.25, -0.2) is 0 Å². The summed E-state index contributed by atoms with van der Waals surface area (Å²) in [5, 5.41) is 0. The zero-order valence-electron chi connectivity index (χ0n) is 18.0. The summed E-state index contributed by atoms with van der Waals surface area (Å²) in [4.78, 5) is 77.1. The standard InChI is InChI=1S/C10H28N2O12P4.Cs.4H2O/c13-25(14,15)7-11(8-26(16,17)18)5-3-1-2-4-6-12(9-27(19,20)21)10-28(22,23)24;;;;;/h1-10H2,(H2,13,14,15)(H2,16,17,18)(H2,19,20,21)(H2,22,23,24);;4*1H2/q;+1;;;;/p-1. The number of hydrogen-bond donors (Lipinski definition) is 7. The Morgan fingerprint density at radius 1 is 0.515 bits per heavy atom. The van der Waals surface area contributed by atoms with Crippen LogP contribution in [0.25, 0.3) is 0 Å². The Bertz CT molecular complexity index is 558. The maximum atomic E-state index is 11.0. The second kappa shape index (κ2) is 21.4. The molecule has 0 bridgehead atoms. The van der Waals surface area contributed by atoms with Crippen LogP contribution in [0.1, 0.15) is 25.7 Å². The summed E-state index contributed by atoms with van der Waals surface area (Å²) in [6.45, 7) is 0.0678. The Kier molecular flexibility index (Phi) is 31.4. The second-order valence-corrected chi connectivity index (χ2v) is 13.0. The van der Waals surface area contributed by atoms with Gasteiger partial charge in [0, 0.05) is 0 Å². The van der Waals surface area contributed by atoms with Gasteiger partial charge in [-0.15, -0.1) is 0 Å². The average Bonchev–Trinajstić information content (AvgIpc) is 2.34. The van der Waals surface area contributed by atoms with Crippen LogP contribution in [0.5, 0.6) is 0 Å². The van der Waals surface area contributed by atoms with Gasteiger partial charge in [-0.05, 0) is 25.7 Å². The summed E-state index contributed by atoms with van der Waals surface area (Å²) in [6.07, 6.45) is -1.76. The largest absolute Gasteiger partial charge is 1.00 e. The predicted octanol–water partition coefficient (Wildman–Crippen LogP) is -11.3. The van der Waals surface area contributed by atoms with Gasteiger partial charge in [-0.3, -0.25) is 4.57 Å². The van der Waals surface area contributed by atoms with Crippen LogP contribution in [0.15, 0.2) is 0 Å². The molecule has 202 valence electrons.